The molecule has 0 aliphatic carbocycles. The predicted molar refractivity (Wildman–Crippen MR) is 104 cm³/mol. The number of thiophene rings is 1. The fourth-order valence-electron chi connectivity index (χ4n) is 3.24. The summed E-state index contributed by atoms with van der Waals surface area (Å²) in [7, 11) is 3.99. The van der Waals surface area contributed by atoms with Gasteiger partial charge in [0.2, 0.25) is 11.6 Å². The van der Waals surface area contributed by atoms with E-state index in [4.69, 9.17) is 0 Å². The number of nitrogens with zero attached hydrogens (tertiary/aromatic N) is 5. The first-order valence-electron chi connectivity index (χ1n) is 8.73. The summed E-state index contributed by atoms with van der Waals surface area (Å²) in [5.74, 6) is 0.675. The van der Waals surface area contributed by atoms with Crippen LogP contribution in [0.1, 0.15) is 17.7 Å². The van der Waals surface area contributed by atoms with Gasteiger partial charge in [-0.1, -0.05) is 6.07 Å². The van der Waals surface area contributed by atoms with Gasteiger partial charge >= 0.3 is 5.69 Å². The highest BCUT2D eigenvalue weighted by atomic mass is 32.1. The molecule has 2 aromatic rings. The van der Waals surface area contributed by atoms with Crippen LogP contribution in [0.15, 0.2) is 23.8 Å². The maximum atomic E-state index is 11.7. The zero-order valence-corrected chi connectivity index (χ0v) is 15.9. The highest BCUT2D eigenvalue weighted by Gasteiger charge is 2.30. The molecule has 0 saturated carbocycles. The Labute approximate surface area is 157 Å². The molecule has 1 aliphatic rings. The monoisotopic (exact) mass is 376 g/mol. The van der Waals surface area contributed by atoms with E-state index in [1.807, 2.05) is 23.4 Å². The van der Waals surface area contributed by atoms with Gasteiger partial charge in [0.05, 0.1) is 4.92 Å². The van der Waals surface area contributed by atoms with Crippen molar-refractivity contribution in [3.8, 4) is 0 Å². The van der Waals surface area contributed by atoms with Crippen molar-refractivity contribution in [3.05, 3.63) is 38.8 Å². The van der Waals surface area contributed by atoms with Crippen LogP contribution in [0.4, 0.5) is 17.3 Å². The van der Waals surface area contributed by atoms with Gasteiger partial charge in [-0.15, -0.1) is 11.3 Å². The average Bonchev–Trinajstić information content (AvgIpc) is 3.15. The first kappa shape index (κ1) is 18.5. The second-order valence-electron chi connectivity index (χ2n) is 6.55. The van der Waals surface area contributed by atoms with E-state index in [-0.39, 0.29) is 22.5 Å². The van der Waals surface area contributed by atoms with E-state index in [1.54, 1.807) is 11.3 Å². The van der Waals surface area contributed by atoms with Crippen molar-refractivity contribution in [1.29, 1.82) is 0 Å². The molecule has 1 N–H and O–H groups in total. The highest BCUT2D eigenvalue weighted by Crippen LogP contribution is 2.33. The van der Waals surface area contributed by atoms with Crippen molar-refractivity contribution in [2.24, 2.45) is 0 Å². The number of hydrogen-bond donors (Lipinski definition) is 1. The Bertz CT molecular complexity index is 731. The van der Waals surface area contributed by atoms with Crippen LogP contribution in [-0.4, -0.2) is 59.6 Å². The quantitative estimate of drug-likeness (QED) is 0.587. The Morgan fingerprint density at radius 3 is 2.85 bits per heavy atom. The van der Waals surface area contributed by atoms with Crippen LogP contribution in [0, 0.1) is 10.1 Å². The van der Waals surface area contributed by atoms with Crippen molar-refractivity contribution in [3.63, 3.8) is 0 Å². The molecule has 8 nitrogen and oxygen atoms in total. The zero-order chi connectivity index (χ0) is 18.5. The lowest BCUT2D eigenvalue weighted by Crippen LogP contribution is -2.42. The molecule has 140 valence electrons. The first-order chi connectivity index (χ1) is 12.6. The van der Waals surface area contributed by atoms with Gasteiger partial charge in [-0.05, 0) is 50.8 Å². The number of rotatable bonds is 7. The van der Waals surface area contributed by atoms with Gasteiger partial charge in [-0.25, -0.2) is 9.97 Å². The van der Waals surface area contributed by atoms with Crippen molar-refractivity contribution in [2.45, 2.75) is 25.3 Å². The standard InChI is InChI=1S/C17H24N6O2S/c1-21-9-6-13(7-10-21)22(2)17-15(23(24)25)16(19-12-20-17)18-8-5-14-4-3-11-26-14/h3-4,11-13H,5-10H2,1-2H3,(H,18,19,20). The molecule has 0 amide bonds. The van der Waals surface area contributed by atoms with E-state index in [0.717, 1.165) is 32.4 Å². The van der Waals surface area contributed by atoms with E-state index in [0.29, 0.717) is 12.4 Å². The van der Waals surface area contributed by atoms with Crippen LogP contribution in [-0.2, 0) is 6.42 Å². The highest BCUT2D eigenvalue weighted by molar-refractivity contribution is 7.09. The summed E-state index contributed by atoms with van der Waals surface area (Å²) < 4.78 is 0. The number of nitro groups is 1. The minimum atomic E-state index is -0.381. The fourth-order valence-corrected chi connectivity index (χ4v) is 3.95. The third-order valence-corrected chi connectivity index (χ3v) is 5.74. The summed E-state index contributed by atoms with van der Waals surface area (Å²) in [5, 5.41) is 16.9. The molecule has 1 aliphatic heterocycles. The van der Waals surface area contributed by atoms with Crippen LogP contribution >= 0.6 is 11.3 Å². The van der Waals surface area contributed by atoms with E-state index < -0.39 is 0 Å². The van der Waals surface area contributed by atoms with Crippen molar-refractivity contribution >= 4 is 28.7 Å². The molecule has 0 aromatic carbocycles. The SMILES string of the molecule is CN1CCC(N(C)c2ncnc(NCCc3cccs3)c2[N+](=O)[O-])CC1. The summed E-state index contributed by atoms with van der Waals surface area (Å²) in [5.41, 5.74) is -0.0416. The van der Waals surface area contributed by atoms with Gasteiger partial charge in [0.25, 0.3) is 0 Å². The molecular weight excluding hydrogens is 352 g/mol. The van der Waals surface area contributed by atoms with Gasteiger partial charge in [0.15, 0.2) is 0 Å². The van der Waals surface area contributed by atoms with Crippen molar-refractivity contribution in [2.75, 3.05) is 43.9 Å². The van der Waals surface area contributed by atoms with E-state index in [2.05, 4.69) is 33.3 Å². The molecule has 0 atom stereocenters. The Morgan fingerprint density at radius 2 is 2.19 bits per heavy atom. The Balaban J connectivity index is 1.75. The minimum Gasteiger partial charge on any atom is -0.364 e. The first-order valence-corrected chi connectivity index (χ1v) is 9.61. The number of hydrogen-bond acceptors (Lipinski definition) is 8. The zero-order valence-electron chi connectivity index (χ0n) is 15.1. The average molecular weight is 376 g/mol. The van der Waals surface area contributed by atoms with Gasteiger partial charge in [-0.2, -0.15) is 0 Å². The number of anilines is 2. The van der Waals surface area contributed by atoms with Gasteiger partial charge in [0.1, 0.15) is 6.33 Å². The predicted octanol–water partition coefficient (Wildman–Crippen LogP) is 2.63. The summed E-state index contributed by atoms with van der Waals surface area (Å²) in [4.78, 5) is 25.2. The Kier molecular flexibility index (Phi) is 6.00. The molecule has 26 heavy (non-hydrogen) atoms. The normalized spacial score (nSPS) is 15.8. The fraction of sp³-hybridized carbons (Fsp3) is 0.529. The summed E-state index contributed by atoms with van der Waals surface area (Å²) >= 11 is 1.68. The van der Waals surface area contributed by atoms with E-state index >= 15 is 0 Å². The van der Waals surface area contributed by atoms with E-state index in [1.165, 1.54) is 11.2 Å². The molecular formula is C17H24N6O2S. The third kappa shape index (κ3) is 4.28. The molecule has 2 aromatic heterocycles. The second-order valence-corrected chi connectivity index (χ2v) is 7.59. The lowest BCUT2D eigenvalue weighted by Gasteiger charge is -2.35. The van der Waals surface area contributed by atoms with Gasteiger partial charge in [-0.3, -0.25) is 10.1 Å². The molecule has 0 radical (unpaired) electrons. The lowest BCUT2D eigenvalue weighted by molar-refractivity contribution is -0.383. The largest absolute Gasteiger partial charge is 0.364 e. The van der Waals surface area contributed by atoms with Crippen LogP contribution in [0.2, 0.25) is 0 Å². The molecule has 0 bridgehead atoms. The van der Waals surface area contributed by atoms with Crippen molar-refractivity contribution in [1.82, 2.24) is 14.9 Å². The van der Waals surface area contributed by atoms with Crippen LogP contribution in [0.3, 0.4) is 0 Å². The second kappa shape index (κ2) is 8.41. The molecule has 0 spiro atoms. The molecule has 9 heteroatoms. The summed E-state index contributed by atoms with van der Waals surface area (Å²) in [6.45, 7) is 2.56. The molecule has 3 heterocycles. The smallest absolute Gasteiger partial charge is 0.353 e. The van der Waals surface area contributed by atoms with Crippen molar-refractivity contribution < 1.29 is 4.92 Å². The number of nitrogens with one attached hydrogen (secondary N) is 1. The van der Waals surface area contributed by atoms with Gasteiger partial charge in [0, 0.05) is 24.5 Å². The molecule has 3 rings (SSSR count). The molecule has 1 saturated heterocycles. The van der Waals surface area contributed by atoms with Crippen LogP contribution < -0.4 is 10.2 Å². The third-order valence-electron chi connectivity index (χ3n) is 4.80. The maximum Gasteiger partial charge on any atom is 0.353 e. The van der Waals surface area contributed by atoms with Gasteiger partial charge < -0.3 is 15.1 Å². The Hall–Kier alpha value is -2.26. The molecule has 0 unspecified atom stereocenters. The number of aromatic nitrogens is 2. The number of likely N-dealkylation sites (tertiary alicyclic amines) is 1. The Morgan fingerprint density at radius 1 is 1.42 bits per heavy atom. The maximum absolute atomic E-state index is 11.7. The summed E-state index contributed by atoms with van der Waals surface area (Å²) in [6.07, 6.45) is 4.14. The minimum absolute atomic E-state index is 0.0416. The van der Waals surface area contributed by atoms with Crippen LogP contribution in [0.25, 0.3) is 0 Å². The van der Waals surface area contributed by atoms with Crippen LogP contribution in [0.5, 0.6) is 0 Å². The summed E-state index contributed by atoms with van der Waals surface area (Å²) in [6, 6.07) is 4.31. The molecule has 1 fully saturated rings. The number of piperidine rings is 1. The van der Waals surface area contributed by atoms with E-state index in [9.17, 15) is 10.1 Å². The lowest BCUT2D eigenvalue weighted by atomic mass is 10.0. The topological polar surface area (TPSA) is 87.4 Å².